The van der Waals surface area contributed by atoms with Gasteiger partial charge in [0.2, 0.25) is 5.91 Å². The van der Waals surface area contributed by atoms with Crippen LogP contribution in [0.3, 0.4) is 0 Å². The molecule has 1 aliphatic carbocycles. The number of hydrogen-bond acceptors (Lipinski definition) is 2. The van der Waals surface area contributed by atoms with Crippen LogP contribution in [0.2, 0.25) is 0 Å². The van der Waals surface area contributed by atoms with Gasteiger partial charge in [0.25, 0.3) is 0 Å². The van der Waals surface area contributed by atoms with Crippen molar-refractivity contribution < 1.29 is 4.79 Å². The molecule has 1 saturated carbocycles. The zero-order chi connectivity index (χ0) is 14.9. The maximum absolute atomic E-state index is 13.1. The summed E-state index contributed by atoms with van der Waals surface area (Å²) >= 11 is 0. The standard InChI is InChI=1S/C18H26N2O/c1-18(11-5-6-12-18)17(21)20-13-7-9-15(19-2)14-8-3-4-10-16(14)20/h3-4,8,10,15,19H,5-7,9,11-13H2,1-2H3. The lowest BCUT2D eigenvalue weighted by Crippen LogP contribution is -2.41. The molecule has 2 aliphatic rings. The number of carbonyl (C=O) groups excluding carboxylic acids is 1. The van der Waals surface area contributed by atoms with E-state index in [1.807, 2.05) is 13.1 Å². The van der Waals surface area contributed by atoms with Crippen molar-refractivity contribution in [3.8, 4) is 0 Å². The molecule has 3 heteroatoms. The van der Waals surface area contributed by atoms with E-state index in [9.17, 15) is 4.79 Å². The molecule has 1 atom stereocenters. The second-order valence-electron chi connectivity index (χ2n) is 6.77. The molecular weight excluding hydrogens is 260 g/mol. The summed E-state index contributed by atoms with van der Waals surface area (Å²) in [5, 5.41) is 3.40. The molecule has 0 saturated heterocycles. The summed E-state index contributed by atoms with van der Waals surface area (Å²) < 4.78 is 0. The Morgan fingerprint density at radius 1 is 1.24 bits per heavy atom. The minimum Gasteiger partial charge on any atom is -0.313 e. The Labute approximate surface area is 127 Å². The van der Waals surface area contributed by atoms with Crippen LogP contribution in [0, 0.1) is 5.41 Å². The molecule has 1 N–H and O–H groups in total. The number of rotatable bonds is 2. The average Bonchev–Trinajstić information content (AvgIpc) is 2.87. The highest BCUT2D eigenvalue weighted by Crippen LogP contribution is 2.42. The smallest absolute Gasteiger partial charge is 0.232 e. The van der Waals surface area contributed by atoms with E-state index >= 15 is 0 Å². The molecule has 21 heavy (non-hydrogen) atoms. The summed E-state index contributed by atoms with van der Waals surface area (Å²) in [6.45, 7) is 3.01. The number of nitrogens with zero attached hydrogens (tertiary/aromatic N) is 1. The average molecular weight is 286 g/mol. The van der Waals surface area contributed by atoms with E-state index in [2.05, 4.69) is 35.3 Å². The molecule has 0 spiro atoms. The third-order valence-corrected chi connectivity index (χ3v) is 5.29. The van der Waals surface area contributed by atoms with E-state index in [0.29, 0.717) is 11.9 Å². The normalized spacial score (nSPS) is 24.5. The van der Waals surface area contributed by atoms with Gasteiger partial charge in [-0.3, -0.25) is 4.79 Å². The number of fused-ring (bicyclic) bond motifs is 1. The topological polar surface area (TPSA) is 32.3 Å². The van der Waals surface area contributed by atoms with Crippen LogP contribution in [0.4, 0.5) is 5.69 Å². The van der Waals surface area contributed by atoms with E-state index < -0.39 is 0 Å². The fourth-order valence-electron chi connectivity index (χ4n) is 3.96. The fourth-order valence-corrected chi connectivity index (χ4v) is 3.96. The molecule has 1 fully saturated rings. The van der Waals surface area contributed by atoms with Gasteiger partial charge in [-0.25, -0.2) is 0 Å². The van der Waals surface area contributed by atoms with Crippen molar-refractivity contribution in [1.82, 2.24) is 5.32 Å². The van der Waals surface area contributed by atoms with E-state index in [1.54, 1.807) is 0 Å². The van der Waals surface area contributed by atoms with Gasteiger partial charge in [0.1, 0.15) is 0 Å². The predicted molar refractivity (Wildman–Crippen MR) is 86.4 cm³/mol. The van der Waals surface area contributed by atoms with Crippen molar-refractivity contribution in [2.24, 2.45) is 5.41 Å². The minimum atomic E-state index is -0.146. The van der Waals surface area contributed by atoms with Crippen LogP contribution in [0.1, 0.15) is 57.1 Å². The summed E-state index contributed by atoms with van der Waals surface area (Å²) in [6, 6.07) is 8.76. The maximum atomic E-state index is 13.1. The molecule has 0 aromatic heterocycles. The van der Waals surface area contributed by atoms with E-state index in [4.69, 9.17) is 0 Å². The number of amides is 1. The highest BCUT2D eigenvalue weighted by atomic mass is 16.2. The molecule has 1 unspecified atom stereocenters. The first-order chi connectivity index (χ1) is 10.2. The molecule has 0 bridgehead atoms. The molecule has 3 rings (SSSR count). The summed E-state index contributed by atoms with van der Waals surface area (Å²) in [5.74, 6) is 0.337. The number of carbonyl (C=O) groups is 1. The quantitative estimate of drug-likeness (QED) is 0.900. The van der Waals surface area contributed by atoms with Gasteiger partial charge in [0, 0.05) is 23.7 Å². The Bertz CT molecular complexity index is 520. The van der Waals surface area contributed by atoms with Gasteiger partial charge in [-0.15, -0.1) is 0 Å². The van der Waals surface area contributed by atoms with Gasteiger partial charge in [-0.1, -0.05) is 38.0 Å². The third-order valence-electron chi connectivity index (χ3n) is 5.29. The Balaban J connectivity index is 1.96. The Hall–Kier alpha value is -1.35. The molecular formula is C18H26N2O. The molecule has 114 valence electrons. The molecule has 1 amide bonds. The molecule has 1 aromatic carbocycles. The van der Waals surface area contributed by atoms with Gasteiger partial charge in [-0.2, -0.15) is 0 Å². The van der Waals surface area contributed by atoms with Crippen LogP contribution in [0.5, 0.6) is 0 Å². The Morgan fingerprint density at radius 2 is 1.95 bits per heavy atom. The number of hydrogen-bond donors (Lipinski definition) is 1. The summed E-state index contributed by atoms with van der Waals surface area (Å²) in [4.78, 5) is 15.2. The molecule has 1 aromatic rings. The van der Waals surface area contributed by atoms with Crippen molar-refractivity contribution in [3.05, 3.63) is 29.8 Å². The van der Waals surface area contributed by atoms with Gasteiger partial charge in [0.05, 0.1) is 0 Å². The van der Waals surface area contributed by atoms with Crippen molar-refractivity contribution in [1.29, 1.82) is 0 Å². The van der Waals surface area contributed by atoms with Crippen LogP contribution >= 0.6 is 0 Å². The highest BCUT2D eigenvalue weighted by molar-refractivity contribution is 5.98. The van der Waals surface area contributed by atoms with Crippen molar-refractivity contribution in [2.75, 3.05) is 18.5 Å². The van der Waals surface area contributed by atoms with Crippen LogP contribution in [-0.4, -0.2) is 19.5 Å². The lowest BCUT2D eigenvalue weighted by Gasteiger charge is -2.32. The fraction of sp³-hybridized carbons (Fsp3) is 0.611. The van der Waals surface area contributed by atoms with Crippen molar-refractivity contribution in [3.63, 3.8) is 0 Å². The molecule has 1 aliphatic heterocycles. The number of benzene rings is 1. The van der Waals surface area contributed by atoms with E-state index in [-0.39, 0.29) is 5.41 Å². The first kappa shape index (κ1) is 14.6. The largest absolute Gasteiger partial charge is 0.313 e. The van der Waals surface area contributed by atoms with E-state index in [0.717, 1.165) is 37.9 Å². The lowest BCUT2D eigenvalue weighted by atomic mass is 9.86. The summed E-state index contributed by atoms with van der Waals surface area (Å²) in [5.41, 5.74) is 2.24. The van der Waals surface area contributed by atoms with Gasteiger partial charge < -0.3 is 10.2 Å². The molecule has 1 heterocycles. The number of nitrogens with one attached hydrogen (secondary N) is 1. The first-order valence-corrected chi connectivity index (χ1v) is 8.24. The highest BCUT2D eigenvalue weighted by Gasteiger charge is 2.40. The predicted octanol–water partition coefficient (Wildman–Crippen LogP) is 3.65. The van der Waals surface area contributed by atoms with Crippen molar-refractivity contribution >= 4 is 11.6 Å². The van der Waals surface area contributed by atoms with Gasteiger partial charge in [-0.05, 0) is 44.4 Å². The second-order valence-corrected chi connectivity index (χ2v) is 6.77. The monoisotopic (exact) mass is 286 g/mol. The van der Waals surface area contributed by atoms with Crippen molar-refractivity contribution in [2.45, 2.75) is 51.5 Å². The first-order valence-electron chi connectivity index (χ1n) is 8.24. The summed E-state index contributed by atoms with van der Waals surface area (Å²) in [7, 11) is 2.01. The zero-order valence-corrected chi connectivity index (χ0v) is 13.2. The number of anilines is 1. The lowest BCUT2D eigenvalue weighted by molar-refractivity contribution is -0.127. The summed E-state index contributed by atoms with van der Waals surface area (Å²) in [6.07, 6.45) is 6.61. The van der Waals surface area contributed by atoms with Crippen LogP contribution in [0.25, 0.3) is 0 Å². The van der Waals surface area contributed by atoms with Gasteiger partial charge >= 0.3 is 0 Å². The molecule has 0 radical (unpaired) electrons. The Kier molecular flexibility index (Phi) is 4.03. The second kappa shape index (κ2) is 5.80. The minimum absolute atomic E-state index is 0.146. The van der Waals surface area contributed by atoms with E-state index in [1.165, 1.54) is 18.4 Å². The SMILES string of the molecule is CNC1CCCN(C(=O)C2(C)CCCC2)c2ccccc21. The van der Waals surface area contributed by atoms with Gasteiger partial charge in [0.15, 0.2) is 0 Å². The van der Waals surface area contributed by atoms with Crippen LogP contribution in [-0.2, 0) is 4.79 Å². The maximum Gasteiger partial charge on any atom is 0.232 e. The van der Waals surface area contributed by atoms with Crippen LogP contribution in [0.15, 0.2) is 24.3 Å². The van der Waals surface area contributed by atoms with Crippen LogP contribution < -0.4 is 10.2 Å². The number of para-hydroxylation sites is 1. The molecule has 3 nitrogen and oxygen atoms in total. The Morgan fingerprint density at radius 3 is 2.67 bits per heavy atom. The zero-order valence-electron chi connectivity index (χ0n) is 13.2. The third kappa shape index (κ3) is 2.59.